The number of hydrogen-bond acceptors (Lipinski definition) is 4. The summed E-state index contributed by atoms with van der Waals surface area (Å²) in [5, 5.41) is 0. The van der Waals surface area contributed by atoms with Crippen LogP contribution in [0.15, 0.2) is 0 Å². The van der Waals surface area contributed by atoms with Gasteiger partial charge >= 0.3 is 0 Å². The summed E-state index contributed by atoms with van der Waals surface area (Å²) in [4.78, 5) is 0.481. The van der Waals surface area contributed by atoms with Crippen LogP contribution in [0.2, 0.25) is 0 Å². The third-order valence-corrected chi connectivity index (χ3v) is 4.73. The minimum Gasteiger partial charge on any atom is -0.393 e. The number of hydrogen-bond donors (Lipinski definition) is 2. The molecule has 0 amide bonds. The van der Waals surface area contributed by atoms with Crippen molar-refractivity contribution in [3.05, 3.63) is 0 Å². The Kier molecular flexibility index (Phi) is 5.74. The molecule has 0 bridgehead atoms. The van der Waals surface area contributed by atoms with Gasteiger partial charge in [0.25, 0.3) is 10.2 Å². The number of nitrogens with one attached hydrogen (secondary N) is 1. The van der Waals surface area contributed by atoms with E-state index >= 15 is 0 Å². The Bertz CT molecular complexity index is 350. The van der Waals surface area contributed by atoms with Crippen molar-refractivity contribution < 1.29 is 13.2 Å². The van der Waals surface area contributed by atoms with E-state index in [-0.39, 0.29) is 12.5 Å². The van der Waals surface area contributed by atoms with Crippen LogP contribution in [-0.4, -0.2) is 51.1 Å². The van der Waals surface area contributed by atoms with E-state index in [9.17, 15) is 8.42 Å². The lowest BCUT2D eigenvalue weighted by molar-refractivity contribution is 0.203. The number of methoxy groups -OCH3 is 1. The molecule has 1 saturated heterocycles. The molecular formula is C9H19N3O3S2. The Morgan fingerprint density at radius 3 is 2.59 bits per heavy atom. The highest BCUT2D eigenvalue weighted by Gasteiger charge is 2.28. The molecule has 8 heteroatoms. The van der Waals surface area contributed by atoms with E-state index in [0.717, 1.165) is 0 Å². The molecule has 0 atom stereocenters. The first-order valence-electron chi connectivity index (χ1n) is 5.50. The molecule has 0 spiro atoms. The van der Waals surface area contributed by atoms with E-state index < -0.39 is 10.2 Å². The second kappa shape index (κ2) is 6.60. The summed E-state index contributed by atoms with van der Waals surface area (Å²) in [6.45, 7) is 1.57. The molecule has 0 saturated carbocycles. The van der Waals surface area contributed by atoms with Crippen LogP contribution in [0.1, 0.15) is 12.8 Å². The van der Waals surface area contributed by atoms with Gasteiger partial charge in [-0.25, -0.2) is 0 Å². The van der Waals surface area contributed by atoms with E-state index in [0.29, 0.717) is 37.5 Å². The molecule has 0 aliphatic carbocycles. The minimum atomic E-state index is -3.39. The summed E-state index contributed by atoms with van der Waals surface area (Å²) in [7, 11) is -1.86. The molecule has 1 aliphatic heterocycles. The van der Waals surface area contributed by atoms with Crippen LogP contribution in [0.25, 0.3) is 0 Å². The SMILES string of the molecule is COCCNS(=O)(=O)N1CCC(C(N)=S)CC1. The van der Waals surface area contributed by atoms with Gasteiger partial charge in [-0.2, -0.15) is 17.4 Å². The van der Waals surface area contributed by atoms with Gasteiger partial charge in [0.05, 0.1) is 11.6 Å². The van der Waals surface area contributed by atoms with Gasteiger partial charge in [-0.1, -0.05) is 12.2 Å². The fourth-order valence-corrected chi connectivity index (χ4v) is 3.20. The maximum absolute atomic E-state index is 11.8. The van der Waals surface area contributed by atoms with Crippen molar-refractivity contribution >= 4 is 27.4 Å². The molecule has 1 aliphatic rings. The van der Waals surface area contributed by atoms with E-state index in [2.05, 4.69) is 4.72 Å². The Hall–Kier alpha value is -0.280. The maximum atomic E-state index is 11.8. The summed E-state index contributed by atoms with van der Waals surface area (Å²) in [6.07, 6.45) is 1.39. The number of piperidine rings is 1. The van der Waals surface area contributed by atoms with Gasteiger partial charge in [-0.3, -0.25) is 0 Å². The highest BCUT2D eigenvalue weighted by atomic mass is 32.2. The first-order chi connectivity index (χ1) is 7.97. The van der Waals surface area contributed by atoms with Crippen molar-refractivity contribution in [3.8, 4) is 0 Å². The van der Waals surface area contributed by atoms with Gasteiger partial charge in [0.15, 0.2) is 0 Å². The molecule has 1 rings (SSSR count). The predicted molar refractivity (Wildman–Crippen MR) is 69.9 cm³/mol. The van der Waals surface area contributed by atoms with E-state index in [1.807, 2.05) is 0 Å². The topological polar surface area (TPSA) is 84.7 Å². The Morgan fingerprint density at radius 1 is 1.53 bits per heavy atom. The highest BCUT2D eigenvalue weighted by Crippen LogP contribution is 2.19. The van der Waals surface area contributed by atoms with Crippen LogP contribution in [-0.2, 0) is 14.9 Å². The summed E-state index contributed by atoms with van der Waals surface area (Å²) in [5.41, 5.74) is 5.55. The highest BCUT2D eigenvalue weighted by molar-refractivity contribution is 7.87. The molecule has 0 aromatic carbocycles. The van der Waals surface area contributed by atoms with Crippen LogP contribution >= 0.6 is 12.2 Å². The largest absolute Gasteiger partial charge is 0.393 e. The van der Waals surface area contributed by atoms with Crippen molar-refractivity contribution in [1.82, 2.24) is 9.03 Å². The molecule has 1 fully saturated rings. The summed E-state index contributed by atoms with van der Waals surface area (Å²) in [6, 6.07) is 0. The molecule has 0 aromatic heterocycles. The predicted octanol–water partition coefficient (Wildman–Crippen LogP) is -0.535. The van der Waals surface area contributed by atoms with Crippen molar-refractivity contribution in [1.29, 1.82) is 0 Å². The van der Waals surface area contributed by atoms with Crippen LogP contribution in [0.5, 0.6) is 0 Å². The minimum absolute atomic E-state index is 0.162. The lowest BCUT2D eigenvalue weighted by Gasteiger charge is -2.30. The molecule has 17 heavy (non-hydrogen) atoms. The molecule has 6 nitrogen and oxygen atoms in total. The molecule has 0 radical (unpaired) electrons. The smallest absolute Gasteiger partial charge is 0.279 e. The molecule has 3 N–H and O–H groups in total. The van der Waals surface area contributed by atoms with Crippen molar-refractivity contribution in [2.45, 2.75) is 12.8 Å². The standard InChI is InChI=1S/C9H19N3O3S2/c1-15-7-4-11-17(13,14)12-5-2-8(3-6-12)9(10)16/h8,11H,2-7H2,1H3,(H2,10,16). The molecule has 0 aromatic rings. The van der Waals surface area contributed by atoms with Gasteiger partial charge in [0.2, 0.25) is 0 Å². The average Bonchev–Trinajstić information content (AvgIpc) is 2.29. The third kappa shape index (κ3) is 4.47. The van der Waals surface area contributed by atoms with Gasteiger partial charge in [0.1, 0.15) is 0 Å². The molecule has 0 unspecified atom stereocenters. The van der Waals surface area contributed by atoms with Crippen molar-refractivity contribution in [2.75, 3.05) is 33.4 Å². The van der Waals surface area contributed by atoms with E-state index in [1.165, 1.54) is 11.4 Å². The monoisotopic (exact) mass is 281 g/mol. The maximum Gasteiger partial charge on any atom is 0.279 e. The summed E-state index contributed by atoms with van der Waals surface area (Å²) >= 11 is 4.91. The fourth-order valence-electron chi connectivity index (χ4n) is 1.74. The number of thiocarbonyl (C=S) groups is 1. The van der Waals surface area contributed by atoms with E-state index in [1.54, 1.807) is 0 Å². The lowest BCUT2D eigenvalue weighted by Crippen LogP contribution is -2.47. The number of ether oxygens (including phenoxy) is 1. The van der Waals surface area contributed by atoms with Crippen molar-refractivity contribution in [3.63, 3.8) is 0 Å². The van der Waals surface area contributed by atoms with Crippen LogP contribution in [0.3, 0.4) is 0 Å². The van der Waals surface area contributed by atoms with Gasteiger partial charge < -0.3 is 10.5 Å². The van der Waals surface area contributed by atoms with Gasteiger partial charge in [-0.05, 0) is 12.8 Å². The Morgan fingerprint density at radius 2 is 2.12 bits per heavy atom. The lowest BCUT2D eigenvalue weighted by atomic mass is 9.98. The van der Waals surface area contributed by atoms with Crippen LogP contribution in [0, 0.1) is 5.92 Å². The first-order valence-corrected chi connectivity index (χ1v) is 7.35. The number of rotatable bonds is 6. The van der Waals surface area contributed by atoms with Crippen LogP contribution in [0.4, 0.5) is 0 Å². The average molecular weight is 281 g/mol. The van der Waals surface area contributed by atoms with Crippen molar-refractivity contribution in [2.24, 2.45) is 11.7 Å². The summed E-state index contributed by atoms with van der Waals surface area (Å²) < 4.78 is 32.4. The quantitative estimate of drug-likeness (QED) is 0.505. The number of nitrogens with zero attached hydrogens (tertiary/aromatic N) is 1. The molecule has 100 valence electrons. The van der Waals surface area contributed by atoms with Crippen LogP contribution < -0.4 is 10.5 Å². The Labute approximate surface area is 108 Å². The fraction of sp³-hybridized carbons (Fsp3) is 0.889. The van der Waals surface area contributed by atoms with Gasteiger partial charge in [-0.15, -0.1) is 0 Å². The Balaban J connectivity index is 2.44. The number of nitrogens with two attached hydrogens (primary N) is 1. The third-order valence-electron chi connectivity index (χ3n) is 2.79. The normalized spacial score (nSPS) is 19.4. The molecular weight excluding hydrogens is 262 g/mol. The second-order valence-electron chi connectivity index (χ2n) is 3.97. The molecule has 1 heterocycles. The van der Waals surface area contributed by atoms with E-state index in [4.69, 9.17) is 22.7 Å². The zero-order valence-electron chi connectivity index (χ0n) is 9.89. The zero-order chi connectivity index (χ0) is 12.9. The first kappa shape index (κ1) is 14.8. The second-order valence-corrected chi connectivity index (χ2v) is 6.19. The summed E-state index contributed by atoms with van der Waals surface area (Å²) in [5.74, 6) is 0.162. The zero-order valence-corrected chi connectivity index (χ0v) is 11.5. The van der Waals surface area contributed by atoms with Gasteiger partial charge in [0, 0.05) is 32.7 Å².